The lowest BCUT2D eigenvalue weighted by Crippen LogP contribution is -1.92. The highest BCUT2D eigenvalue weighted by atomic mass is 32.2. The number of hydrogen-bond donors (Lipinski definition) is 1. The van der Waals surface area contributed by atoms with Crippen LogP contribution in [0.25, 0.3) is 0 Å². The van der Waals surface area contributed by atoms with Gasteiger partial charge in [0.05, 0.1) is 7.11 Å². The lowest BCUT2D eigenvalue weighted by Gasteiger charge is -2.09. The second-order valence-electron chi connectivity index (χ2n) is 4.26. The third kappa shape index (κ3) is 3.41. The zero-order valence-electron chi connectivity index (χ0n) is 10.9. The molecule has 0 aliphatic carbocycles. The number of nitrogen functional groups attached to an aromatic ring is 1. The minimum atomic E-state index is -0.245. The molecule has 0 aliphatic rings. The Morgan fingerprint density at radius 1 is 1.21 bits per heavy atom. The van der Waals surface area contributed by atoms with Crippen LogP contribution in [0.4, 0.5) is 10.1 Å². The number of aryl methyl sites for hydroxylation is 1. The molecule has 4 heteroatoms. The first kappa shape index (κ1) is 13.7. The summed E-state index contributed by atoms with van der Waals surface area (Å²) in [6, 6.07) is 10.5. The predicted octanol–water partition coefficient (Wildman–Crippen LogP) is 4.02. The summed E-state index contributed by atoms with van der Waals surface area (Å²) in [5.41, 5.74) is 8.47. The molecule has 19 heavy (non-hydrogen) atoms. The van der Waals surface area contributed by atoms with Gasteiger partial charge in [0, 0.05) is 21.9 Å². The van der Waals surface area contributed by atoms with Crippen molar-refractivity contribution in [2.75, 3.05) is 12.8 Å². The van der Waals surface area contributed by atoms with Gasteiger partial charge in [-0.1, -0.05) is 0 Å². The Bertz CT molecular complexity index is 586. The zero-order chi connectivity index (χ0) is 13.8. The van der Waals surface area contributed by atoms with E-state index in [2.05, 4.69) is 0 Å². The molecule has 2 N–H and O–H groups in total. The summed E-state index contributed by atoms with van der Waals surface area (Å²) in [7, 11) is 1.59. The summed E-state index contributed by atoms with van der Waals surface area (Å²) in [6.07, 6.45) is 0. The summed E-state index contributed by atoms with van der Waals surface area (Å²) in [5.74, 6) is 1.12. The molecule has 0 radical (unpaired) electrons. The van der Waals surface area contributed by atoms with Gasteiger partial charge in [0.15, 0.2) is 0 Å². The van der Waals surface area contributed by atoms with Crippen LogP contribution >= 0.6 is 11.8 Å². The second kappa shape index (κ2) is 5.97. The van der Waals surface area contributed by atoms with E-state index in [0.29, 0.717) is 11.5 Å². The summed E-state index contributed by atoms with van der Waals surface area (Å²) < 4.78 is 18.5. The normalized spacial score (nSPS) is 10.5. The average molecular weight is 277 g/mol. The number of nitrogens with two attached hydrogens (primary N) is 1. The van der Waals surface area contributed by atoms with Crippen molar-refractivity contribution < 1.29 is 9.13 Å². The fraction of sp³-hybridized carbons (Fsp3) is 0.200. The molecule has 2 aromatic rings. The van der Waals surface area contributed by atoms with E-state index in [0.717, 1.165) is 21.7 Å². The molecule has 0 spiro atoms. The van der Waals surface area contributed by atoms with E-state index in [1.54, 1.807) is 24.9 Å². The lowest BCUT2D eigenvalue weighted by molar-refractivity contribution is 0.410. The van der Waals surface area contributed by atoms with Crippen molar-refractivity contribution in [1.82, 2.24) is 0 Å². The van der Waals surface area contributed by atoms with Gasteiger partial charge in [0.25, 0.3) is 0 Å². The first-order valence-electron chi connectivity index (χ1n) is 5.91. The summed E-state index contributed by atoms with van der Waals surface area (Å²) in [6.45, 7) is 1.97. The highest BCUT2D eigenvalue weighted by molar-refractivity contribution is 7.98. The number of benzene rings is 2. The van der Waals surface area contributed by atoms with Gasteiger partial charge in [-0.3, -0.25) is 0 Å². The first-order valence-corrected chi connectivity index (χ1v) is 6.90. The average Bonchev–Trinajstić information content (AvgIpc) is 2.40. The Morgan fingerprint density at radius 2 is 2.00 bits per heavy atom. The fourth-order valence-electron chi connectivity index (χ4n) is 1.76. The molecule has 2 rings (SSSR count). The van der Waals surface area contributed by atoms with E-state index in [9.17, 15) is 4.39 Å². The Balaban J connectivity index is 2.13. The van der Waals surface area contributed by atoms with E-state index < -0.39 is 0 Å². The quantitative estimate of drug-likeness (QED) is 0.677. The number of rotatable bonds is 4. The Kier molecular flexibility index (Phi) is 4.32. The Labute approximate surface area is 116 Å². The minimum absolute atomic E-state index is 0.245. The van der Waals surface area contributed by atoms with Gasteiger partial charge in [-0.25, -0.2) is 4.39 Å². The molecule has 0 amide bonds. The fourth-order valence-corrected chi connectivity index (χ4v) is 2.73. The number of ether oxygens (including phenoxy) is 1. The topological polar surface area (TPSA) is 35.2 Å². The molecule has 0 heterocycles. The van der Waals surface area contributed by atoms with Crippen LogP contribution in [0, 0.1) is 12.7 Å². The van der Waals surface area contributed by atoms with Gasteiger partial charge in [0.2, 0.25) is 0 Å². The van der Waals surface area contributed by atoms with Gasteiger partial charge < -0.3 is 10.5 Å². The number of anilines is 1. The van der Waals surface area contributed by atoms with Crippen molar-refractivity contribution in [3.63, 3.8) is 0 Å². The highest BCUT2D eigenvalue weighted by Crippen LogP contribution is 2.29. The maximum Gasteiger partial charge on any atom is 0.123 e. The summed E-state index contributed by atoms with van der Waals surface area (Å²) in [4.78, 5) is 1.11. The largest absolute Gasteiger partial charge is 0.496 e. The molecule has 0 fully saturated rings. The van der Waals surface area contributed by atoms with Crippen LogP contribution in [-0.2, 0) is 5.75 Å². The maximum atomic E-state index is 13.2. The number of hydrogen-bond acceptors (Lipinski definition) is 3. The van der Waals surface area contributed by atoms with E-state index in [-0.39, 0.29) is 5.82 Å². The summed E-state index contributed by atoms with van der Waals surface area (Å²) in [5, 5.41) is 0. The van der Waals surface area contributed by atoms with Crippen LogP contribution < -0.4 is 10.5 Å². The lowest BCUT2D eigenvalue weighted by atomic mass is 10.2. The number of thioether (sulfide) groups is 1. The maximum absolute atomic E-state index is 13.2. The molecule has 0 aliphatic heterocycles. The summed E-state index contributed by atoms with van der Waals surface area (Å²) >= 11 is 1.63. The third-order valence-electron chi connectivity index (χ3n) is 2.88. The Morgan fingerprint density at radius 3 is 2.68 bits per heavy atom. The highest BCUT2D eigenvalue weighted by Gasteiger charge is 2.06. The van der Waals surface area contributed by atoms with Crippen molar-refractivity contribution in [3.05, 3.63) is 53.3 Å². The molecular weight excluding hydrogens is 261 g/mol. The molecule has 100 valence electrons. The van der Waals surface area contributed by atoms with Crippen molar-refractivity contribution in [2.45, 2.75) is 17.6 Å². The van der Waals surface area contributed by atoms with Crippen LogP contribution in [0.5, 0.6) is 5.75 Å². The van der Waals surface area contributed by atoms with Crippen molar-refractivity contribution in [2.24, 2.45) is 0 Å². The molecule has 0 unspecified atom stereocenters. The molecule has 0 aromatic heterocycles. The SMILES string of the molecule is COc1ccc(F)cc1CSc1ccc(N)c(C)c1. The van der Waals surface area contributed by atoms with E-state index in [1.165, 1.54) is 12.1 Å². The number of methoxy groups -OCH3 is 1. The van der Waals surface area contributed by atoms with Gasteiger partial charge in [0.1, 0.15) is 11.6 Å². The number of halogens is 1. The molecular formula is C15H16FNOS. The monoisotopic (exact) mass is 277 g/mol. The van der Waals surface area contributed by atoms with Crippen LogP contribution in [0.1, 0.15) is 11.1 Å². The standard InChI is InChI=1S/C15H16FNOS/c1-10-7-13(4-5-14(10)17)19-9-11-8-12(16)3-6-15(11)18-2/h3-8H,9,17H2,1-2H3. The van der Waals surface area contributed by atoms with Crippen LogP contribution in [-0.4, -0.2) is 7.11 Å². The zero-order valence-corrected chi connectivity index (χ0v) is 11.8. The van der Waals surface area contributed by atoms with Crippen LogP contribution in [0.3, 0.4) is 0 Å². The van der Waals surface area contributed by atoms with Crippen LogP contribution in [0.2, 0.25) is 0 Å². The van der Waals surface area contributed by atoms with E-state index in [1.807, 2.05) is 25.1 Å². The predicted molar refractivity (Wildman–Crippen MR) is 78.1 cm³/mol. The molecule has 0 bridgehead atoms. The smallest absolute Gasteiger partial charge is 0.123 e. The third-order valence-corrected chi connectivity index (χ3v) is 3.92. The van der Waals surface area contributed by atoms with Gasteiger partial charge in [-0.15, -0.1) is 11.8 Å². The van der Waals surface area contributed by atoms with Crippen molar-refractivity contribution >= 4 is 17.4 Å². The second-order valence-corrected chi connectivity index (χ2v) is 5.31. The van der Waals surface area contributed by atoms with E-state index >= 15 is 0 Å². The molecule has 2 aromatic carbocycles. The minimum Gasteiger partial charge on any atom is -0.496 e. The van der Waals surface area contributed by atoms with Gasteiger partial charge in [-0.2, -0.15) is 0 Å². The molecule has 2 nitrogen and oxygen atoms in total. The van der Waals surface area contributed by atoms with E-state index in [4.69, 9.17) is 10.5 Å². The van der Waals surface area contributed by atoms with Crippen molar-refractivity contribution in [1.29, 1.82) is 0 Å². The van der Waals surface area contributed by atoms with Gasteiger partial charge >= 0.3 is 0 Å². The first-order chi connectivity index (χ1) is 9.10. The van der Waals surface area contributed by atoms with Crippen LogP contribution in [0.15, 0.2) is 41.3 Å². The molecule has 0 atom stereocenters. The van der Waals surface area contributed by atoms with Crippen molar-refractivity contribution in [3.8, 4) is 5.75 Å². The molecule has 0 saturated carbocycles. The Hall–Kier alpha value is -1.68. The molecule has 0 saturated heterocycles. The van der Waals surface area contributed by atoms with Gasteiger partial charge in [-0.05, 0) is 48.9 Å².